The van der Waals surface area contributed by atoms with Gasteiger partial charge in [-0.2, -0.15) is 0 Å². The van der Waals surface area contributed by atoms with Crippen molar-refractivity contribution in [1.82, 2.24) is 20.2 Å². The highest BCUT2D eigenvalue weighted by atomic mass is 16.5. The highest BCUT2D eigenvalue weighted by Gasteiger charge is 2.39. The fraction of sp³-hybridized carbons (Fsp3) is 0.268. The lowest BCUT2D eigenvalue weighted by molar-refractivity contribution is -0.146. The summed E-state index contributed by atoms with van der Waals surface area (Å²) < 4.78 is 7.03. The summed E-state index contributed by atoms with van der Waals surface area (Å²) in [7, 11) is 1.28. The van der Waals surface area contributed by atoms with E-state index in [1.54, 1.807) is 13.3 Å². The lowest BCUT2D eigenvalue weighted by Crippen LogP contribution is -2.55. The van der Waals surface area contributed by atoms with Gasteiger partial charge in [0, 0.05) is 18.3 Å². The van der Waals surface area contributed by atoms with Gasteiger partial charge >= 0.3 is 5.97 Å². The van der Waals surface area contributed by atoms with Crippen LogP contribution in [0.1, 0.15) is 48.7 Å². The summed E-state index contributed by atoms with van der Waals surface area (Å²) in [6, 6.07) is 35.8. The smallest absolute Gasteiger partial charge is 0.328 e. The lowest BCUT2D eigenvalue weighted by Gasteiger charge is -2.37. The Morgan fingerprint density at radius 1 is 0.740 bits per heavy atom. The van der Waals surface area contributed by atoms with Gasteiger partial charge in [0.1, 0.15) is 23.7 Å². The molecule has 0 bridgehead atoms. The fourth-order valence-corrected chi connectivity index (χ4v) is 6.20. The Hall–Kier alpha value is -5.70. The minimum Gasteiger partial charge on any atom is -0.467 e. The Kier molecular flexibility index (Phi) is 11.5. The van der Waals surface area contributed by atoms with Crippen molar-refractivity contribution in [2.75, 3.05) is 12.4 Å². The van der Waals surface area contributed by atoms with E-state index in [4.69, 9.17) is 9.72 Å². The van der Waals surface area contributed by atoms with Crippen LogP contribution in [0.3, 0.4) is 0 Å². The van der Waals surface area contributed by atoms with Crippen LogP contribution in [0.25, 0.3) is 0 Å². The molecule has 5 rings (SSSR count). The van der Waals surface area contributed by atoms with E-state index < -0.39 is 35.5 Å². The van der Waals surface area contributed by atoms with Crippen LogP contribution in [0, 0.1) is 12.8 Å². The molecule has 0 saturated carbocycles. The number of rotatable bonds is 14. The number of carbonyl (C=O) groups is 3. The molecule has 0 aliphatic heterocycles. The quantitative estimate of drug-likeness (QED) is 0.101. The maximum atomic E-state index is 13.9. The van der Waals surface area contributed by atoms with E-state index in [0.29, 0.717) is 5.69 Å². The summed E-state index contributed by atoms with van der Waals surface area (Å²) in [6.07, 6.45) is 3.77. The zero-order valence-corrected chi connectivity index (χ0v) is 29.2. The first kappa shape index (κ1) is 35.6. The third-order valence-electron chi connectivity index (χ3n) is 8.89. The molecule has 0 unspecified atom stereocenters. The number of aromatic nitrogens is 2. The van der Waals surface area contributed by atoms with Crippen LogP contribution in [0.15, 0.2) is 128 Å². The number of carbonyl (C=O) groups excluding carboxylic acids is 3. The van der Waals surface area contributed by atoms with Crippen molar-refractivity contribution >= 4 is 23.5 Å². The van der Waals surface area contributed by atoms with Gasteiger partial charge in [-0.15, -0.1) is 0 Å². The van der Waals surface area contributed by atoms with E-state index in [-0.39, 0.29) is 18.2 Å². The minimum absolute atomic E-state index is 0.0717. The molecule has 0 spiro atoms. The molecule has 258 valence electrons. The molecule has 0 aliphatic rings. The first-order valence-electron chi connectivity index (χ1n) is 16.8. The highest BCUT2D eigenvalue weighted by molar-refractivity contribution is 5.93. The Labute approximate surface area is 294 Å². The van der Waals surface area contributed by atoms with Gasteiger partial charge in [-0.05, 0) is 48.6 Å². The Bertz CT molecular complexity index is 1760. The molecular weight excluding hydrogens is 626 g/mol. The second-order valence-electron chi connectivity index (χ2n) is 12.8. The second-order valence-corrected chi connectivity index (χ2v) is 12.8. The van der Waals surface area contributed by atoms with Crippen LogP contribution >= 0.6 is 0 Å². The number of hydrogen-bond donors (Lipinski definition) is 3. The van der Waals surface area contributed by atoms with Crippen LogP contribution < -0.4 is 16.0 Å². The molecule has 1 heterocycles. The molecule has 0 saturated heterocycles. The molecule has 2 amide bonds. The maximum Gasteiger partial charge on any atom is 0.328 e. The number of imidazole rings is 1. The number of ether oxygens (including phenoxy) is 1. The minimum atomic E-state index is -1.04. The molecular formula is C41H45N5O4. The zero-order chi connectivity index (χ0) is 35.7. The summed E-state index contributed by atoms with van der Waals surface area (Å²) in [4.78, 5) is 44.9. The predicted molar refractivity (Wildman–Crippen MR) is 196 cm³/mol. The number of aryl methyl sites for hydroxylation is 1. The average Bonchev–Trinajstić information content (AvgIpc) is 3.61. The fourth-order valence-electron chi connectivity index (χ4n) is 6.20. The van der Waals surface area contributed by atoms with Crippen LogP contribution in [0.2, 0.25) is 0 Å². The molecule has 4 aromatic carbocycles. The Balaban J connectivity index is 1.52. The Morgan fingerprint density at radius 3 is 1.74 bits per heavy atom. The number of hydrogen-bond acceptors (Lipinski definition) is 6. The average molecular weight is 672 g/mol. The van der Waals surface area contributed by atoms with E-state index >= 15 is 0 Å². The number of anilines is 1. The Morgan fingerprint density at radius 2 is 1.26 bits per heavy atom. The summed E-state index contributed by atoms with van der Waals surface area (Å²) in [6.45, 7) is 7.37. The van der Waals surface area contributed by atoms with Crippen LogP contribution in [-0.4, -0.2) is 52.6 Å². The lowest BCUT2D eigenvalue weighted by atomic mass is 9.77. The summed E-state index contributed by atoms with van der Waals surface area (Å²) in [5.41, 5.74) is 4.74. The van der Waals surface area contributed by atoms with E-state index in [0.717, 1.165) is 27.9 Å². The van der Waals surface area contributed by atoms with Gasteiger partial charge in [0.05, 0.1) is 19.1 Å². The first-order chi connectivity index (χ1) is 24.1. The summed E-state index contributed by atoms with van der Waals surface area (Å²) >= 11 is 0. The van der Waals surface area contributed by atoms with Crippen LogP contribution in [0.5, 0.6) is 0 Å². The SMILES string of the molecule is COC(=O)[C@@H](NC(=O)[C@H](Cc1cn(C(c2ccccc2)(c2ccccc2)c2ccccc2)cn1)NC(=O)[C@H](C)Nc1ccc(C)cc1)C(C)C. The van der Waals surface area contributed by atoms with Crippen molar-refractivity contribution in [3.63, 3.8) is 0 Å². The number of esters is 1. The van der Waals surface area contributed by atoms with Crippen LogP contribution in [-0.2, 0) is 31.1 Å². The monoisotopic (exact) mass is 671 g/mol. The molecule has 1 aromatic heterocycles. The van der Waals surface area contributed by atoms with E-state index in [1.807, 2.05) is 106 Å². The molecule has 9 heteroatoms. The largest absolute Gasteiger partial charge is 0.467 e. The number of methoxy groups -OCH3 is 1. The molecule has 9 nitrogen and oxygen atoms in total. The van der Waals surface area contributed by atoms with Crippen molar-refractivity contribution in [3.8, 4) is 0 Å². The summed E-state index contributed by atoms with van der Waals surface area (Å²) in [5, 5.41) is 8.95. The molecule has 0 fully saturated rings. The molecule has 0 aliphatic carbocycles. The van der Waals surface area contributed by atoms with E-state index in [2.05, 4.69) is 56.9 Å². The van der Waals surface area contributed by atoms with Gasteiger partial charge in [0.2, 0.25) is 11.8 Å². The van der Waals surface area contributed by atoms with E-state index in [9.17, 15) is 14.4 Å². The van der Waals surface area contributed by atoms with Gasteiger partial charge in [-0.25, -0.2) is 9.78 Å². The standard InChI is InChI=1S/C41H45N5O4/c1-28(2)37(40(49)50-5)45-39(48)36(44-38(47)30(4)43-34-23-21-29(3)22-24-34)25-35-26-46(27-42-35)41(31-15-9-6-10-16-31,32-17-11-7-12-18-32)33-19-13-8-14-20-33/h6-24,26-28,30,36-37,43H,25H2,1-5H3,(H,44,47)(H,45,48)/t30-,36-,37-/m0/s1. The van der Waals surface area contributed by atoms with E-state index in [1.165, 1.54) is 7.11 Å². The molecule has 3 N–H and O–H groups in total. The third-order valence-corrected chi connectivity index (χ3v) is 8.89. The van der Waals surface area contributed by atoms with Crippen molar-refractivity contribution < 1.29 is 19.1 Å². The third kappa shape index (κ3) is 7.94. The molecule has 50 heavy (non-hydrogen) atoms. The first-order valence-corrected chi connectivity index (χ1v) is 16.8. The summed E-state index contributed by atoms with van der Waals surface area (Å²) in [5.74, 6) is -1.70. The van der Waals surface area contributed by atoms with Gasteiger partial charge in [0.25, 0.3) is 0 Å². The normalized spacial score (nSPS) is 13.2. The van der Waals surface area contributed by atoms with Crippen molar-refractivity contribution in [2.24, 2.45) is 5.92 Å². The topological polar surface area (TPSA) is 114 Å². The van der Waals surface area contributed by atoms with Gasteiger partial charge in [-0.3, -0.25) is 9.59 Å². The number of benzene rings is 4. The number of nitrogens with zero attached hydrogens (tertiary/aromatic N) is 2. The molecule has 5 aromatic rings. The predicted octanol–water partition coefficient (Wildman–Crippen LogP) is 5.87. The van der Waals surface area contributed by atoms with Crippen molar-refractivity contribution in [2.45, 2.75) is 57.8 Å². The van der Waals surface area contributed by atoms with Gasteiger partial charge < -0.3 is 25.3 Å². The number of nitrogens with one attached hydrogen (secondary N) is 3. The van der Waals surface area contributed by atoms with Gasteiger partial charge in [0.15, 0.2) is 0 Å². The highest BCUT2D eigenvalue weighted by Crippen LogP contribution is 2.40. The molecule has 3 atom stereocenters. The molecule has 0 radical (unpaired) electrons. The zero-order valence-electron chi connectivity index (χ0n) is 29.2. The van der Waals surface area contributed by atoms with Crippen molar-refractivity contribution in [3.05, 3.63) is 156 Å². The van der Waals surface area contributed by atoms with Crippen molar-refractivity contribution in [1.29, 1.82) is 0 Å². The maximum absolute atomic E-state index is 13.9. The second kappa shape index (κ2) is 16.1. The van der Waals surface area contributed by atoms with Crippen LogP contribution in [0.4, 0.5) is 5.69 Å². The van der Waals surface area contributed by atoms with Gasteiger partial charge in [-0.1, -0.05) is 123 Å². The number of amides is 2.